The molecule has 11 nitrogen and oxygen atoms in total. The Labute approximate surface area is 196 Å². The summed E-state index contributed by atoms with van der Waals surface area (Å²) >= 11 is 0. The minimum absolute atomic E-state index is 0.00724. The van der Waals surface area contributed by atoms with Gasteiger partial charge in [-0.05, 0) is 38.1 Å². The van der Waals surface area contributed by atoms with Crippen LogP contribution in [-0.2, 0) is 24.3 Å². The average Bonchev–Trinajstić information content (AvgIpc) is 3.22. The zero-order chi connectivity index (χ0) is 25.0. The van der Waals surface area contributed by atoms with Crippen molar-refractivity contribution in [2.45, 2.75) is 19.9 Å². The molecule has 1 unspecified atom stereocenters. The van der Waals surface area contributed by atoms with E-state index in [-0.39, 0.29) is 29.1 Å². The topological polar surface area (TPSA) is 144 Å². The predicted molar refractivity (Wildman–Crippen MR) is 121 cm³/mol. The molecule has 0 saturated carbocycles. The highest BCUT2D eigenvalue weighted by atomic mass is 32.2. The Kier molecular flexibility index (Phi) is 7.30. The lowest BCUT2D eigenvalue weighted by Gasteiger charge is -2.27. The van der Waals surface area contributed by atoms with Crippen molar-refractivity contribution in [2.75, 3.05) is 30.8 Å². The normalized spacial score (nSPS) is 15.9. The van der Waals surface area contributed by atoms with Crippen molar-refractivity contribution in [3.05, 3.63) is 64.8 Å². The quantitative estimate of drug-likeness (QED) is 0.534. The monoisotopic (exact) mass is 491 g/mol. The molecule has 2 amide bonds. The fraction of sp³-hybridized carbons (Fsp3) is 0.318. The van der Waals surface area contributed by atoms with Crippen LogP contribution in [0.2, 0.25) is 0 Å². The molecule has 0 fully saturated rings. The molecular formula is C22H25N3O8S. The number of carbonyl (C=O) groups excluding carboxylic acids is 3. The van der Waals surface area contributed by atoms with Crippen LogP contribution in [0.25, 0.3) is 0 Å². The Bertz CT molecular complexity index is 1250. The highest BCUT2D eigenvalue weighted by molar-refractivity contribution is 7.92. The van der Waals surface area contributed by atoms with Crippen molar-refractivity contribution in [1.29, 1.82) is 0 Å². The number of ether oxygens (including phenoxy) is 2. The Balaban J connectivity index is 1.94. The second-order valence-electron chi connectivity index (χ2n) is 7.42. The van der Waals surface area contributed by atoms with E-state index in [9.17, 15) is 22.8 Å². The molecule has 1 atom stereocenters. The van der Waals surface area contributed by atoms with Gasteiger partial charge in [0.25, 0.3) is 0 Å². The van der Waals surface area contributed by atoms with E-state index in [4.69, 9.17) is 13.9 Å². The van der Waals surface area contributed by atoms with E-state index in [0.717, 1.165) is 10.6 Å². The maximum atomic E-state index is 12.8. The molecule has 0 radical (unpaired) electrons. The minimum Gasteiger partial charge on any atom is -0.464 e. The standard InChI is InChI=1S/C22H25N3O8S/c1-5-31-21(27)18-15(23-22(28)24-19(18)17-11-10-13(2)33-17)12-32-20(26)14-8-6-7-9-16(14)25(3)34(4,29)30/h6-11,19H,5,12H2,1-4H3,(H2,23,24,28). The molecule has 34 heavy (non-hydrogen) atoms. The zero-order valence-corrected chi connectivity index (χ0v) is 19.9. The van der Waals surface area contributed by atoms with E-state index in [0.29, 0.717) is 11.5 Å². The number of anilines is 1. The van der Waals surface area contributed by atoms with Crippen LogP contribution in [0, 0.1) is 6.92 Å². The number of urea groups is 1. The molecule has 0 aliphatic carbocycles. The van der Waals surface area contributed by atoms with Gasteiger partial charge < -0.3 is 24.5 Å². The molecule has 0 spiro atoms. The molecule has 0 saturated heterocycles. The van der Waals surface area contributed by atoms with Crippen molar-refractivity contribution >= 4 is 33.7 Å². The van der Waals surface area contributed by atoms with Gasteiger partial charge in [0.2, 0.25) is 10.0 Å². The van der Waals surface area contributed by atoms with Crippen LogP contribution in [0.4, 0.5) is 10.5 Å². The lowest BCUT2D eigenvalue weighted by molar-refractivity contribution is -0.139. The zero-order valence-electron chi connectivity index (χ0n) is 19.1. The van der Waals surface area contributed by atoms with Gasteiger partial charge >= 0.3 is 18.0 Å². The molecule has 182 valence electrons. The molecule has 12 heteroatoms. The first-order chi connectivity index (χ1) is 16.0. The van der Waals surface area contributed by atoms with Gasteiger partial charge in [-0.1, -0.05) is 12.1 Å². The van der Waals surface area contributed by atoms with Crippen LogP contribution < -0.4 is 14.9 Å². The number of nitrogens with zero attached hydrogens (tertiary/aromatic N) is 1. The number of benzene rings is 1. The van der Waals surface area contributed by atoms with Gasteiger partial charge in [0.1, 0.15) is 24.2 Å². The van der Waals surface area contributed by atoms with Gasteiger partial charge in [-0.3, -0.25) is 4.31 Å². The predicted octanol–water partition coefficient (Wildman–Crippen LogP) is 2.01. The van der Waals surface area contributed by atoms with Crippen molar-refractivity contribution < 1.29 is 36.7 Å². The fourth-order valence-electron chi connectivity index (χ4n) is 3.32. The maximum absolute atomic E-state index is 12.8. The molecule has 1 aliphatic heterocycles. The summed E-state index contributed by atoms with van der Waals surface area (Å²) in [5.74, 6) is -0.692. The average molecular weight is 492 g/mol. The smallest absolute Gasteiger partial charge is 0.340 e. The molecule has 2 aromatic rings. The number of carbonyl (C=O) groups is 3. The third-order valence-corrected chi connectivity index (χ3v) is 6.19. The molecule has 1 aliphatic rings. The summed E-state index contributed by atoms with van der Waals surface area (Å²) in [4.78, 5) is 37.9. The van der Waals surface area contributed by atoms with E-state index in [1.807, 2.05) is 0 Å². The first-order valence-corrected chi connectivity index (χ1v) is 12.1. The molecule has 0 bridgehead atoms. The first-order valence-electron chi connectivity index (χ1n) is 10.3. The number of esters is 2. The Morgan fingerprint density at radius 2 is 1.82 bits per heavy atom. The van der Waals surface area contributed by atoms with Crippen LogP contribution >= 0.6 is 0 Å². The van der Waals surface area contributed by atoms with Gasteiger partial charge in [-0.2, -0.15) is 0 Å². The second-order valence-corrected chi connectivity index (χ2v) is 9.43. The third kappa shape index (κ3) is 5.39. The van der Waals surface area contributed by atoms with Crippen LogP contribution in [-0.4, -0.2) is 52.9 Å². The molecular weight excluding hydrogens is 466 g/mol. The number of furan rings is 1. The third-order valence-electron chi connectivity index (χ3n) is 5.00. The lowest BCUT2D eigenvalue weighted by atomic mass is 10.0. The summed E-state index contributed by atoms with van der Waals surface area (Å²) in [5, 5.41) is 5.09. The summed E-state index contributed by atoms with van der Waals surface area (Å²) in [5.41, 5.74) is 0.147. The highest BCUT2D eigenvalue weighted by Gasteiger charge is 2.36. The summed E-state index contributed by atoms with van der Waals surface area (Å²) in [7, 11) is -2.33. The van der Waals surface area contributed by atoms with Crippen LogP contribution in [0.5, 0.6) is 0 Å². The van der Waals surface area contributed by atoms with Crippen LogP contribution in [0.3, 0.4) is 0 Å². The number of sulfonamides is 1. The van der Waals surface area contributed by atoms with E-state index in [1.165, 1.54) is 19.2 Å². The number of aryl methyl sites for hydroxylation is 1. The Morgan fingerprint density at radius 1 is 1.12 bits per heavy atom. The molecule has 1 aromatic heterocycles. The van der Waals surface area contributed by atoms with Gasteiger partial charge in [-0.15, -0.1) is 0 Å². The van der Waals surface area contributed by atoms with Crippen LogP contribution in [0.15, 0.2) is 52.1 Å². The number of para-hydroxylation sites is 1. The van der Waals surface area contributed by atoms with E-state index < -0.39 is 40.6 Å². The lowest BCUT2D eigenvalue weighted by Crippen LogP contribution is -2.47. The van der Waals surface area contributed by atoms with E-state index in [1.54, 1.807) is 38.1 Å². The maximum Gasteiger partial charge on any atom is 0.340 e. The van der Waals surface area contributed by atoms with Crippen LogP contribution in [0.1, 0.15) is 34.8 Å². The largest absolute Gasteiger partial charge is 0.464 e. The van der Waals surface area contributed by atoms with Gasteiger partial charge in [0.05, 0.1) is 35.4 Å². The number of nitrogens with one attached hydrogen (secondary N) is 2. The van der Waals surface area contributed by atoms with Crippen molar-refractivity contribution in [3.8, 4) is 0 Å². The minimum atomic E-state index is -3.64. The van der Waals surface area contributed by atoms with Gasteiger partial charge in [0.15, 0.2) is 0 Å². The molecule has 3 rings (SSSR count). The Morgan fingerprint density at radius 3 is 2.44 bits per heavy atom. The van der Waals surface area contributed by atoms with E-state index in [2.05, 4.69) is 10.6 Å². The Hall–Kier alpha value is -3.80. The molecule has 2 heterocycles. The molecule has 1 aromatic carbocycles. The van der Waals surface area contributed by atoms with Crippen molar-refractivity contribution in [3.63, 3.8) is 0 Å². The summed E-state index contributed by atoms with van der Waals surface area (Å²) in [6.07, 6.45) is 1.01. The first kappa shape index (κ1) is 24.8. The SMILES string of the molecule is CCOC(=O)C1=C(COC(=O)c2ccccc2N(C)S(C)(=O)=O)NC(=O)NC1c1ccc(C)o1. The summed E-state index contributed by atoms with van der Waals surface area (Å²) < 4.78 is 41.0. The highest BCUT2D eigenvalue weighted by Crippen LogP contribution is 2.29. The fourth-order valence-corrected chi connectivity index (χ4v) is 3.84. The second kappa shape index (κ2) is 10.00. The summed E-state index contributed by atoms with van der Waals surface area (Å²) in [6, 6.07) is 7.72. The van der Waals surface area contributed by atoms with Crippen molar-refractivity contribution in [2.24, 2.45) is 0 Å². The summed E-state index contributed by atoms with van der Waals surface area (Å²) in [6.45, 7) is 2.95. The number of amides is 2. The van der Waals surface area contributed by atoms with Gasteiger partial charge in [-0.25, -0.2) is 22.8 Å². The molecule has 2 N–H and O–H groups in total. The van der Waals surface area contributed by atoms with E-state index >= 15 is 0 Å². The number of hydrogen-bond donors (Lipinski definition) is 2. The van der Waals surface area contributed by atoms with Crippen molar-refractivity contribution in [1.82, 2.24) is 10.6 Å². The van der Waals surface area contributed by atoms with Gasteiger partial charge in [0, 0.05) is 7.05 Å². The number of rotatable bonds is 8. The number of hydrogen-bond acceptors (Lipinski definition) is 8.